The van der Waals surface area contributed by atoms with Crippen LogP contribution in [-0.4, -0.2) is 10.9 Å². The molecule has 1 N–H and O–H groups in total. The second-order valence-electron chi connectivity index (χ2n) is 6.19. The molecule has 4 heteroatoms. The van der Waals surface area contributed by atoms with E-state index in [2.05, 4.69) is 41.5 Å². The monoisotopic (exact) mass is 350 g/mol. The Hall–Kier alpha value is -2.46. The van der Waals surface area contributed by atoms with Gasteiger partial charge in [-0.1, -0.05) is 49.4 Å². The van der Waals surface area contributed by atoms with Gasteiger partial charge in [-0.05, 0) is 37.0 Å². The van der Waals surface area contributed by atoms with E-state index in [4.69, 9.17) is 0 Å². The molecule has 0 radical (unpaired) electrons. The van der Waals surface area contributed by atoms with Crippen LogP contribution in [0.15, 0.2) is 47.8 Å². The summed E-state index contributed by atoms with van der Waals surface area (Å²) in [6.07, 6.45) is 1.32. The Morgan fingerprint density at radius 1 is 1.08 bits per heavy atom. The number of hydrogen-bond donors (Lipinski definition) is 1. The zero-order valence-electron chi connectivity index (χ0n) is 14.8. The van der Waals surface area contributed by atoms with Crippen molar-refractivity contribution >= 4 is 22.9 Å². The number of hydrogen-bond acceptors (Lipinski definition) is 3. The van der Waals surface area contributed by atoms with Crippen LogP contribution in [-0.2, 0) is 17.6 Å². The molecule has 0 saturated carbocycles. The maximum absolute atomic E-state index is 12.4. The minimum absolute atomic E-state index is 0.0319. The lowest BCUT2D eigenvalue weighted by atomic mass is 10.1. The number of aryl methyl sites for hydroxylation is 3. The second kappa shape index (κ2) is 7.62. The quantitative estimate of drug-likeness (QED) is 0.690. The number of carbonyl (C=O) groups is 1. The number of para-hydroxylation sites is 1. The van der Waals surface area contributed by atoms with Gasteiger partial charge in [0.1, 0.15) is 5.01 Å². The van der Waals surface area contributed by atoms with Gasteiger partial charge < -0.3 is 5.32 Å². The fourth-order valence-corrected chi connectivity index (χ4v) is 3.59. The molecule has 3 rings (SSSR count). The van der Waals surface area contributed by atoms with Crippen molar-refractivity contribution in [3.05, 3.63) is 70.2 Å². The van der Waals surface area contributed by atoms with E-state index in [0.717, 1.165) is 39.5 Å². The number of carbonyl (C=O) groups excluding carboxylic acids is 1. The second-order valence-corrected chi connectivity index (χ2v) is 7.04. The highest BCUT2D eigenvalue weighted by Crippen LogP contribution is 2.25. The Morgan fingerprint density at radius 2 is 1.76 bits per heavy atom. The van der Waals surface area contributed by atoms with Crippen LogP contribution in [0.2, 0.25) is 0 Å². The number of anilines is 1. The summed E-state index contributed by atoms with van der Waals surface area (Å²) in [4.78, 5) is 17.0. The topological polar surface area (TPSA) is 42.0 Å². The number of amides is 1. The smallest absolute Gasteiger partial charge is 0.230 e. The van der Waals surface area contributed by atoms with E-state index in [1.54, 1.807) is 11.3 Å². The Balaban J connectivity index is 1.69. The summed E-state index contributed by atoms with van der Waals surface area (Å²) in [5.41, 5.74) is 6.27. The number of thiazole rings is 1. The predicted octanol–water partition coefficient (Wildman–Crippen LogP) is 5.17. The van der Waals surface area contributed by atoms with E-state index in [-0.39, 0.29) is 12.3 Å². The highest BCUT2D eigenvalue weighted by molar-refractivity contribution is 7.13. The van der Waals surface area contributed by atoms with Crippen molar-refractivity contribution < 1.29 is 4.79 Å². The summed E-state index contributed by atoms with van der Waals surface area (Å²) in [7, 11) is 0. The van der Waals surface area contributed by atoms with Gasteiger partial charge >= 0.3 is 0 Å². The summed E-state index contributed by atoms with van der Waals surface area (Å²) in [6.45, 7) is 6.15. The number of nitrogens with one attached hydrogen (secondary N) is 1. The normalized spacial score (nSPS) is 10.7. The molecule has 1 amide bonds. The predicted molar refractivity (Wildman–Crippen MR) is 105 cm³/mol. The molecule has 3 aromatic rings. The lowest BCUT2D eigenvalue weighted by Crippen LogP contribution is -2.16. The van der Waals surface area contributed by atoms with Crippen molar-refractivity contribution in [3.63, 3.8) is 0 Å². The standard InChI is InChI=1S/C21H22N2OS/c1-4-16-8-10-17(11-9-16)21-22-18(13-25-21)12-19(24)23-20-14(2)6-5-7-15(20)3/h5-11,13H,4,12H2,1-3H3,(H,23,24). The van der Waals surface area contributed by atoms with Crippen LogP contribution < -0.4 is 5.32 Å². The maximum Gasteiger partial charge on any atom is 0.230 e. The van der Waals surface area contributed by atoms with Crippen molar-refractivity contribution in [2.24, 2.45) is 0 Å². The van der Waals surface area contributed by atoms with Gasteiger partial charge in [0.2, 0.25) is 5.91 Å². The SMILES string of the molecule is CCc1ccc(-c2nc(CC(=O)Nc3c(C)cccc3C)cs2)cc1. The van der Waals surface area contributed by atoms with Crippen molar-refractivity contribution in [2.75, 3.05) is 5.32 Å². The van der Waals surface area contributed by atoms with Crippen LogP contribution in [0.5, 0.6) is 0 Å². The third kappa shape index (κ3) is 4.15. The van der Waals surface area contributed by atoms with E-state index in [1.807, 2.05) is 37.4 Å². The molecule has 0 saturated heterocycles. The molecule has 0 spiro atoms. The minimum Gasteiger partial charge on any atom is -0.325 e. The Labute approximate surface area is 152 Å². The van der Waals surface area contributed by atoms with Gasteiger partial charge in [-0.3, -0.25) is 4.79 Å². The Morgan fingerprint density at radius 3 is 2.40 bits per heavy atom. The van der Waals surface area contributed by atoms with E-state index in [1.165, 1.54) is 5.56 Å². The average Bonchev–Trinajstić information content (AvgIpc) is 3.07. The summed E-state index contributed by atoms with van der Waals surface area (Å²) < 4.78 is 0. The molecule has 25 heavy (non-hydrogen) atoms. The van der Waals surface area contributed by atoms with Gasteiger partial charge in [0, 0.05) is 16.6 Å². The fourth-order valence-electron chi connectivity index (χ4n) is 2.76. The molecule has 3 nitrogen and oxygen atoms in total. The number of aromatic nitrogens is 1. The molecule has 0 aliphatic heterocycles. The van der Waals surface area contributed by atoms with Gasteiger partial charge in [-0.2, -0.15) is 0 Å². The first-order chi connectivity index (χ1) is 12.1. The summed E-state index contributed by atoms with van der Waals surface area (Å²) in [5.74, 6) is -0.0319. The van der Waals surface area contributed by atoms with Gasteiger partial charge in [0.25, 0.3) is 0 Å². The zero-order valence-corrected chi connectivity index (χ0v) is 15.6. The van der Waals surface area contributed by atoms with Crippen molar-refractivity contribution in [2.45, 2.75) is 33.6 Å². The molecule has 0 aliphatic carbocycles. The van der Waals surface area contributed by atoms with Crippen LogP contribution in [0.3, 0.4) is 0 Å². The fraction of sp³-hybridized carbons (Fsp3) is 0.238. The van der Waals surface area contributed by atoms with Gasteiger partial charge in [-0.25, -0.2) is 4.98 Å². The zero-order chi connectivity index (χ0) is 17.8. The molecule has 1 heterocycles. The number of nitrogens with zero attached hydrogens (tertiary/aromatic N) is 1. The lowest BCUT2D eigenvalue weighted by Gasteiger charge is -2.10. The van der Waals surface area contributed by atoms with Crippen LogP contribution in [0.1, 0.15) is 29.3 Å². The van der Waals surface area contributed by atoms with E-state index >= 15 is 0 Å². The third-order valence-electron chi connectivity index (χ3n) is 4.25. The van der Waals surface area contributed by atoms with Crippen molar-refractivity contribution in [3.8, 4) is 10.6 Å². The Bertz CT molecular complexity index is 861. The Kier molecular flexibility index (Phi) is 5.29. The molecular weight excluding hydrogens is 328 g/mol. The molecule has 0 fully saturated rings. The summed E-state index contributed by atoms with van der Waals surface area (Å²) >= 11 is 1.58. The van der Waals surface area contributed by atoms with Crippen LogP contribution in [0.25, 0.3) is 10.6 Å². The first-order valence-corrected chi connectivity index (χ1v) is 9.34. The number of benzene rings is 2. The van der Waals surface area contributed by atoms with Gasteiger partial charge in [-0.15, -0.1) is 11.3 Å². The molecule has 0 atom stereocenters. The lowest BCUT2D eigenvalue weighted by molar-refractivity contribution is -0.115. The molecule has 1 aromatic heterocycles. The summed E-state index contributed by atoms with van der Waals surface area (Å²) in [5, 5.41) is 5.94. The van der Waals surface area contributed by atoms with Crippen molar-refractivity contribution in [1.82, 2.24) is 4.98 Å². The van der Waals surface area contributed by atoms with E-state index < -0.39 is 0 Å². The van der Waals surface area contributed by atoms with Crippen LogP contribution >= 0.6 is 11.3 Å². The highest BCUT2D eigenvalue weighted by atomic mass is 32.1. The van der Waals surface area contributed by atoms with Crippen LogP contribution in [0, 0.1) is 13.8 Å². The van der Waals surface area contributed by atoms with Gasteiger partial charge in [0.15, 0.2) is 0 Å². The molecule has 0 bridgehead atoms. The average molecular weight is 350 g/mol. The molecule has 0 aliphatic rings. The largest absolute Gasteiger partial charge is 0.325 e. The summed E-state index contributed by atoms with van der Waals surface area (Å²) in [6, 6.07) is 14.5. The van der Waals surface area contributed by atoms with E-state index in [0.29, 0.717) is 0 Å². The van der Waals surface area contributed by atoms with Crippen molar-refractivity contribution in [1.29, 1.82) is 0 Å². The van der Waals surface area contributed by atoms with Crippen LogP contribution in [0.4, 0.5) is 5.69 Å². The first-order valence-electron chi connectivity index (χ1n) is 8.46. The number of rotatable bonds is 5. The molecule has 128 valence electrons. The van der Waals surface area contributed by atoms with Gasteiger partial charge in [0.05, 0.1) is 12.1 Å². The molecular formula is C21H22N2OS. The van der Waals surface area contributed by atoms with E-state index in [9.17, 15) is 4.79 Å². The maximum atomic E-state index is 12.4. The highest BCUT2D eigenvalue weighted by Gasteiger charge is 2.11. The minimum atomic E-state index is -0.0319. The third-order valence-corrected chi connectivity index (χ3v) is 5.19. The molecule has 2 aromatic carbocycles. The molecule has 0 unspecified atom stereocenters. The first kappa shape index (κ1) is 17.4.